The van der Waals surface area contributed by atoms with E-state index in [1.807, 2.05) is 25.4 Å². The topological polar surface area (TPSA) is 27.8 Å². The Hall–Kier alpha value is -1.54. The molecule has 0 bridgehead atoms. The van der Waals surface area contributed by atoms with Crippen molar-refractivity contribution in [3.8, 4) is 0 Å². The summed E-state index contributed by atoms with van der Waals surface area (Å²) in [4.78, 5) is 3.22. The standard InChI is InChI=1S/C12H14N2/c1-13-12(11-8-5-9-14-11)10-6-3-2-4-7-10/h2-9,12-14H,1H3. The second-order valence-electron chi connectivity index (χ2n) is 3.26. The molecule has 0 aliphatic heterocycles. The van der Waals surface area contributed by atoms with Crippen LogP contribution in [0.5, 0.6) is 0 Å². The van der Waals surface area contributed by atoms with Crippen LogP contribution >= 0.6 is 0 Å². The van der Waals surface area contributed by atoms with Crippen molar-refractivity contribution in [3.05, 3.63) is 59.9 Å². The maximum Gasteiger partial charge on any atom is 0.0726 e. The van der Waals surface area contributed by atoms with Crippen LogP contribution in [-0.2, 0) is 0 Å². The maximum absolute atomic E-state index is 3.29. The number of aromatic nitrogens is 1. The summed E-state index contributed by atoms with van der Waals surface area (Å²) < 4.78 is 0. The molecule has 0 aliphatic rings. The van der Waals surface area contributed by atoms with Crippen molar-refractivity contribution in [2.75, 3.05) is 7.05 Å². The highest BCUT2D eigenvalue weighted by atomic mass is 14.9. The van der Waals surface area contributed by atoms with Crippen LogP contribution in [0.4, 0.5) is 0 Å². The zero-order chi connectivity index (χ0) is 9.80. The molecule has 2 heteroatoms. The molecule has 0 amide bonds. The van der Waals surface area contributed by atoms with Gasteiger partial charge in [0.15, 0.2) is 0 Å². The summed E-state index contributed by atoms with van der Waals surface area (Å²) in [6.45, 7) is 0. The highest BCUT2D eigenvalue weighted by Crippen LogP contribution is 2.19. The maximum atomic E-state index is 3.29. The Morgan fingerprint density at radius 3 is 2.43 bits per heavy atom. The fourth-order valence-electron chi connectivity index (χ4n) is 1.67. The van der Waals surface area contributed by atoms with E-state index in [4.69, 9.17) is 0 Å². The Morgan fingerprint density at radius 1 is 1.07 bits per heavy atom. The molecule has 0 aliphatic carbocycles. The first-order valence-electron chi connectivity index (χ1n) is 4.77. The Kier molecular flexibility index (Phi) is 2.65. The highest BCUT2D eigenvalue weighted by Gasteiger charge is 2.10. The van der Waals surface area contributed by atoms with Crippen LogP contribution in [0, 0.1) is 0 Å². The van der Waals surface area contributed by atoms with Crippen molar-refractivity contribution in [1.29, 1.82) is 0 Å². The Labute approximate surface area is 84.0 Å². The molecule has 2 N–H and O–H groups in total. The van der Waals surface area contributed by atoms with Crippen molar-refractivity contribution in [2.24, 2.45) is 0 Å². The van der Waals surface area contributed by atoms with Crippen molar-refractivity contribution < 1.29 is 0 Å². The largest absolute Gasteiger partial charge is 0.363 e. The van der Waals surface area contributed by atoms with Gasteiger partial charge in [0.05, 0.1) is 6.04 Å². The van der Waals surface area contributed by atoms with Crippen molar-refractivity contribution in [3.63, 3.8) is 0 Å². The van der Waals surface area contributed by atoms with E-state index < -0.39 is 0 Å². The molecule has 2 aromatic rings. The molecule has 14 heavy (non-hydrogen) atoms. The van der Waals surface area contributed by atoms with Gasteiger partial charge in [0, 0.05) is 11.9 Å². The molecule has 0 fully saturated rings. The predicted octanol–water partition coefficient (Wildman–Crippen LogP) is 2.32. The van der Waals surface area contributed by atoms with Gasteiger partial charge in [-0.05, 0) is 24.7 Å². The predicted molar refractivity (Wildman–Crippen MR) is 58.1 cm³/mol. The van der Waals surface area contributed by atoms with Gasteiger partial charge in [-0.1, -0.05) is 30.3 Å². The van der Waals surface area contributed by atoms with Gasteiger partial charge < -0.3 is 10.3 Å². The molecule has 0 spiro atoms. The van der Waals surface area contributed by atoms with E-state index in [0.29, 0.717) is 0 Å². The van der Waals surface area contributed by atoms with Crippen molar-refractivity contribution in [2.45, 2.75) is 6.04 Å². The van der Waals surface area contributed by atoms with Crippen LogP contribution < -0.4 is 5.32 Å². The quantitative estimate of drug-likeness (QED) is 0.756. The second-order valence-corrected chi connectivity index (χ2v) is 3.26. The van der Waals surface area contributed by atoms with E-state index in [0.717, 1.165) is 0 Å². The van der Waals surface area contributed by atoms with Gasteiger partial charge in [0.1, 0.15) is 0 Å². The molecular formula is C12H14N2. The molecule has 1 heterocycles. The number of nitrogens with one attached hydrogen (secondary N) is 2. The minimum Gasteiger partial charge on any atom is -0.363 e. The molecule has 72 valence electrons. The third-order valence-electron chi connectivity index (χ3n) is 2.35. The third kappa shape index (κ3) is 1.70. The van der Waals surface area contributed by atoms with E-state index in [9.17, 15) is 0 Å². The number of aromatic amines is 1. The van der Waals surface area contributed by atoms with Crippen LogP contribution in [0.3, 0.4) is 0 Å². The van der Waals surface area contributed by atoms with Gasteiger partial charge in [-0.2, -0.15) is 0 Å². The lowest BCUT2D eigenvalue weighted by Gasteiger charge is -2.14. The molecule has 1 aromatic carbocycles. The Balaban J connectivity index is 2.31. The number of hydrogen-bond acceptors (Lipinski definition) is 1. The van der Waals surface area contributed by atoms with Gasteiger partial charge in [0.2, 0.25) is 0 Å². The lowest BCUT2D eigenvalue weighted by Crippen LogP contribution is -2.17. The molecule has 1 aromatic heterocycles. The SMILES string of the molecule is CNC(c1ccccc1)c1ccc[nH]1. The summed E-state index contributed by atoms with van der Waals surface area (Å²) in [6.07, 6.45) is 1.95. The molecule has 2 rings (SSSR count). The summed E-state index contributed by atoms with van der Waals surface area (Å²) in [5.41, 5.74) is 2.47. The normalized spacial score (nSPS) is 12.6. The summed E-state index contributed by atoms with van der Waals surface area (Å²) in [6, 6.07) is 14.8. The molecule has 1 unspecified atom stereocenters. The smallest absolute Gasteiger partial charge is 0.0726 e. The molecule has 2 nitrogen and oxygen atoms in total. The number of H-pyrrole nitrogens is 1. The van der Waals surface area contributed by atoms with Crippen LogP contribution in [0.2, 0.25) is 0 Å². The lowest BCUT2D eigenvalue weighted by molar-refractivity contribution is 0.675. The van der Waals surface area contributed by atoms with Gasteiger partial charge in [-0.25, -0.2) is 0 Å². The van der Waals surface area contributed by atoms with E-state index in [1.165, 1.54) is 11.3 Å². The summed E-state index contributed by atoms with van der Waals surface area (Å²) in [5, 5.41) is 3.29. The van der Waals surface area contributed by atoms with Gasteiger partial charge >= 0.3 is 0 Å². The fraction of sp³-hybridized carbons (Fsp3) is 0.167. The number of benzene rings is 1. The minimum absolute atomic E-state index is 0.256. The molecule has 0 saturated carbocycles. The first kappa shape index (κ1) is 9.03. The zero-order valence-electron chi connectivity index (χ0n) is 8.20. The average Bonchev–Trinajstić information content (AvgIpc) is 2.74. The van der Waals surface area contributed by atoms with Crippen molar-refractivity contribution in [1.82, 2.24) is 10.3 Å². The molecular weight excluding hydrogens is 172 g/mol. The van der Waals surface area contributed by atoms with Gasteiger partial charge in [-0.15, -0.1) is 0 Å². The first-order chi connectivity index (χ1) is 6.92. The molecule has 0 radical (unpaired) electrons. The van der Waals surface area contributed by atoms with Crippen molar-refractivity contribution >= 4 is 0 Å². The second kappa shape index (κ2) is 4.11. The highest BCUT2D eigenvalue weighted by molar-refractivity contribution is 5.27. The van der Waals surface area contributed by atoms with E-state index in [2.05, 4.69) is 40.6 Å². The average molecular weight is 186 g/mol. The van der Waals surface area contributed by atoms with E-state index in [1.54, 1.807) is 0 Å². The van der Waals surface area contributed by atoms with Crippen LogP contribution in [0.15, 0.2) is 48.7 Å². The van der Waals surface area contributed by atoms with Crippen LogP contribution in [0.25, 0.3) is 0 Å². The zero-order valence-corrected chi connectivity index (χ0v) is 8.20. The Bertz CT molecular complexity index is 364. The van der Waals surface area contributed by atoms with E-state index in [-0.39, 0.29) is 6.04 Å². The van der Waals surface area contributed by atoms with Gasteiger partial charge in [0.25, 0.3) is 0 Å². The van der Waals surface area contributed by atoms with Gasteiger partial charge in [-0.3, -0.25) is 0 Å². The van der Waals surface area contributed by atoms with Crippen LogP contribution in [-0.4, -0.2) is 12.0 Å². The number of hydrogen-bond donors (Lipinski definition) is 2. The number of rotatable bonds is 3. The summed E-state index contributed by atoms with van der Waals surface area (Å²) in [7, 11) is 1.97. The third-order valence-corrected chi connectivity index (χ3v) is 2.35. The lowest BCUT2D eigenvalue weighted by atomic mass is 10.0. The summed E-state index contributed by atoms with van der Waals surface area (Å²) in [5.74, 6) is 0. The fourth-order valence-corrected chi connectivity index (χ4v) is 1.67. The van der Waals surface area contributed by atoms with Crippen LogP contribution in [0.1, 0.15) is 17.3 Å². The minimum atomic E-state index is 0.256. The Morgan fingerprint density at radius 2 is 1.86 bits per heavy atom. The molecule has 0 saturated heterocycles. The summed E-state index contributed by atoms with van der Waals surface area (Å²) >= 11 is 0. The first-order valence-corrected chi connectivity index (χ1v) is 4.77. The monoisotopic (exact) mass is 186 g/mol. The molecule has 1 atom stereocenters. The van der Waals surface area contributed by atoms with E-state index >= 15 is 0 Å².